The molecule has 0 nitrogen and oxygen atoms in total. The first-order valence-corrected chi connectivity index (χ1v) is 3.38. The fourth-order valence-electron chi connectivity index (χ4n) is 0.673. The lowest BCUT2D eigenvalue weighted by Gasteiger charge is -2.20. The normalized spacial score (nSPS) is 15.5. The molecule has 6 heteroatoms. The van der Waals surface area contributed by atoms with Crippen molar-refractivity contribution in [1.82, 2.24) is 0 Å². The van der Waals surface area contributed by atoms with Crippen LogP contribution in [0.5, 0.6) is 0 Å². The maximum Gasteiger partial charge on any atom is 0.392 e. The Labute approximate surface area is 71.2 Å². The average Bonchev–Trinajstić information content (AvgIpc) is 1.82. The Kier molecular flexibility index (Phi) is 3.81. The van der Waals surface area contributed by atoms with Crippen LogP contribution in [-0.2, 0) is 0 Å². The van der Waals surface area contributed by atoms with Crippen molar-refractivity contribution in [2.24, 2.45) is 0 Å². The van der Waals surface area contributed by atoms with E-state index in [9.17, 15) is 26.3 Å². The summed E-state index contributed by atoms with van der Waals surface area (Å²) in [4.78, 5) is 0. The summed E-state index contributed by atoms with van der Waals surface area (Å²) in [5.41, 5.74) is 0. The van der Waals surface area contributed by atoms with Crippen LogP contribution in [0.15, 0.2) is 12.7 Å². The summed E-state index contributed by atoms with van der Waals surface area (Å²) in [6, 6.07) is 0. The fraction of sp³-hybridized carbons (Fsp3) is 0.714. The van der Waals surface area contributed by atoms with Gasteiger partial charge in [0, 0.05) is 6.42 Å². The molecule has 0 radical (unpaired) electrons. The first-order valence-electron chi connectivity index (χ1n) is 3.38. The van der Waals surface area contributed by atoms with E-state index in [0.717, 1.165) is 0 Å². The van der Waals surface area contributed by atoms with Gasteiger partial charge in [0.05, 0.1) is 6.42 Å². The largest absolute Gasteiger partial charge is 0.392 e. The Hall–Kier alpha value is -0.680. The molecule has 0 amide bonds. The lowest BCUT2D eigenvalue weighted by Crippen LogP contribution is -2.33. The van der Waals surface area contributed by atoms with E-state index in [1.165, 1.54) is 0 Å². The molecule has 0 spiro atoms. The molecule has 0 bridgehead atoms. The van der Waals surface area contributed by atoms with Gasteiger partial charge < -0.3 is 0 Å². The van der Waals surface area contributed by atoms with Gasteiger partial charge in [-0.15, -0.1) is 6.58 Å². The zero-order valence-corrected chi connectivity index (χ0v) is 6.54. The van der Waals surface area contributed by atoms with Crippen LogP contribution in [0.25, 0.3) is 0 Å². The molecule has 0 saturated carbocycles. The van der Waals surface area contributed by atoms with Crippen molar-refractivity contribution < 1.29 is 26.3 Å². The van der Waals surface area contributed by atoms with E-state index in [1.807, 2.05) is 0 Å². The Morgan fingerprint density at radius 1 is 1.15 bits per heavy atom. The molecule has 13 heavy (non-hydrogen) atoms. The SMILES string of the molecule is C=CCC(F)(F)C(F)CC(F)(F)F. The fourth-order valence-corrected chi connectivity index (χ4v) is 0.673. The molecule has 0 heterocycles. The molecular weight excluding hydrogens is 198 g/mol. The van der Waals surface area contributed by atoms with Crippen molar-refractivity contribution >= 4 is 0 Å². The minimum atomic E-state index is -4.91. The molecule has 0 aromatic heterocycles. The topological polar surface area (TPSA) is 0 Å². The first-order chi connectivity index (χ1) is 5.69. The van der Waals surface area contributed by atoms with E-state index in [1.54, 1.807) is 0 Å². The van der Waals surface area contributed by atoms with Crippen molar-refractivity contribution in [1.29, 1.82) is 0 Å². The smallest absolute Gasteiger partial charge is 0.240 e. The molecule has 0 aliphatic rings. The van der Waals surface area contributed by atoms with E-state index >= 15 is 0 Å². The third-order valence-electron chi connectivity index (χ3n) is 1.29. The summed E-state index contributed by atoms with van der Waals surface area (Å²) in [7, 11) is 0. The van der Waals surface area contributed by atoms with Crippen LogP contribution in [0, 0.1) is 0 Å². The minimum absolute atomic E-state index is 0.683. The van der Waals surface area contributed by atoms with Crippen molar-refractivity contribution in [3.63, 3.8) is 0 Å². The molecule has 0 fully saturated rings. The van der Waals surface area contributed by atoms with Crippen molar-refractivity contribution in [2.75, 3.05) is 0 Å². The molecular formula is C7H8F6. The average molecular weight is 206 g/mol. The van der Waals surface area contributed by atoms with Gasteiger partial charge in [-0.2, -0.15) is 13.2 Å². The molecule has 0 aromatic rings. The van der Waals surface area contributed by atoms with Crippen LogP contribution in [0.1, 0.15) is 12.8 Å². The highest BCUT2D eigenvalue weighted by molar-refractivity contribution is 4.86. The quantitative estimate of drug-likeness (QED) is 0.488. The van der Waals surface area contributed by atoms with Gasteiger partial charge in [0.1, 0.15) is 0 Å². The molecule has 78 valence electrons. The van der Waals surface area contributed by atoms with Crippen molar-refractivity contribution in [3.05, 3.63) is 12.7 Å². The number of alkyl halides is 6. The second-order valence-electron chi connectivity index (χ2n) is 2.54. The van der Waals surface area contributed by atoms with Gasteiger partial charge >= 0.3 is 6.18 Å². The molecule has 0 N–H and O–H groups in total. The first kappa shape index (κ1) is 12.3. The third-order valence-corrected chi connectivity index (χ3v) is 1.29. The predicted octanol–water partition coefficient (Wildman–Crippen LogP) is 3.49. The van der Waals surface area contributed by atoms with Crippen LogP contribution >= 0.6 is 0 Å². The summed E-state index contributed by atoms with van der Waals surface area (Å²) >= 11 is 0. The molecule has 0 aliphatic heterocycles. The number of rotatable bonds is 4. The summed E-state index contributed by atoms with van der Waals surface area (Å²) in [6.07, 6.45) is -10.7. The van der Waals surface area contributed by atoms with Gasteiger partial charge in [-0.05, 0) is 0 Å². The van der Waals surface area contributed by atoms with Crippen LogP contribution in [0.2, 0.25) is 0 Å². The minimum Gasteiger partial charge on any atom is -0.240 e. The molecule has 0 aliphatic carbocycles. The molecule has 0 aromatic carbocycles. The summed E-state index contributed by atoms with van der Waals surface area (Å²) < 4.78 is 71.6. The maximum absolute atomic E-state index is 12.4. The monoisotopic (exact) mass is 206 g/mol. The highest BCUT2D eigenvalue weighted by Gasteiger charge is 2.45. The third kappa shape index (κ3) is 4.80. The zero-order chi connectivity index (χ0) is 10.7. The Balaban J connectivity index is 4.24. The number of allylic oxidation sites excluding steroid dienone is 1. The highest BCUT2D eigenvalue weighted by Crippen LogP contribution is 2.33. The molecule has 0 rings (SSSR count). The summed E-state index contributed by atoms with van der Waals surface area (Å²) in [5.74, 6) is -3.99. The standard InChI is InChI=1S/C7H8F6/c1-2-3-6(9,10)5(8)4-7(11,12)13/h2,5H,1,3-4H2. The van der Waals surface area contributed by atoms with Crippen LogP contribution in [-0.4, -0.2) is 18.3 Å². The molecule has 0 saturated heterocycles. The van der Waals surface area contributed by atoms with Gasteiger partial charge in [0.2, 0.25) is 0 Å². The van der Waals surface area contributed by atoms with Gasteiger partial charge in [-0.3, -0.25) is 0 Å². The highest BCUT2D eigenvalue weighted by atomic mass is 19.4. The molecule has 1 atom stereocenters. The van der Waals surface area contributed by atoms with Gasteiger partial charge in [-0.25, -0.2) is 13.2 Å². The van der Waals surface area contributed by atoms with E-state index in [-0.39, 0.29) is 0 Å². The lowest BCUT2D eigenvalue weighted by atomic mass is 10.1. The number of hydrogen-bond donors (Lipinski definition) is 0. The van der Waals surface area contributed by atoms with Gasteiger partial charge in [0.15, 0.2) is 6.17 Å². The van der Waals surface area contributed by atoms with Crippen LogP contribution < -0.4 is 0 Å². The van der Waals surface area contributed by atoms with Crippen molar-refractivity contribution in [3.8, 4) is 0 Å². The second-order valence-corrected chi connectivity index (χ2v) is 2.54. The predicted molar refractivity (Wildman–Crippen MR) is 35.3 cm³/mol. The summed E-state index contributed by atoms with van der Waals surface area (Å²) in [5, 5.41) is 0. The Morgan fingerprint density at radius 2 is 1.62 bits per heavy atom. The van der Waals surface area contributed by atoms with Gasteiger partial charge in [0.25, 0.3) is 5.92 Å². The van der Waals surface area contributed by atoms with E-state index in [4.69, 9.17) is 0 Å². The van der Waals surface area contributed by atoms with Crippen LogP contribution in [0.3, 0.4) is 0 Å². The summed E-state index contributed by atoms with van der Waals surface area (Å²) in [6.45, 7) is 2.90. The van der Waals surface area contributed by atoms with E-state index in [0.29, 0.717) is 6.08 Å². The maximum atomic E-state index is 12.4. The van der Waals surface area contributed by atoms with Crippen LogP contribution in [0.4, 0.5) is 26.3 Å². The number of hydrogen-bond acceptors (Lipinski definition) is 0. The van der Waals surface area contributed by atoms with Crippen molar-refractivity contribution in [2.45, 2.75) is 31.1 Å². The lowest BCUT2D eigenvalue weighted by molar-refractivity contribution is -0.176. The zero-order valence-electron chi connectivity index (χ0n) is 6.54. The van der Waals surface area contributed by atoms with E-state index in [2.05, 4.69) is 6.58 Å². The van der Waals surface area contributed by atoms with E-state index < -0.39 is 31.1 Å². The second kappa shape index (κ2) is 4.02. The van der Waals surface area contributed by atoms with Gasteiger partial charge in [-0.1, -0.05) is 6.08 Å². The number of halogens is 6. The molecule has 1 unspecified atom stereocenters. The Morgan fingerprint density at radius 3 is 1.92 bits per heavy atom. The Bertz CT molecular complexity index is 170.